The highest BCUT2D eigenvalue weighted by molar-refractivity contribution is 5.79. The van der Waals surface area contributed by atoms with Gasteiger partial charge in [0, 0.05) is 38.1 Å². The molecule has 3 aromatic rings. The van der Waals surface area contributed by atoms with E-state index in [4.69, 9.17) is 9.47 Å². The largest absolute Gasteiger partial charge is 0.493 e. The molecule has 0 unspecified atom stereocenters. The van der Waals surface area contributed by atoms with Gasteiger partial charge in [-0.15, -0.1) is 0 Å². The number of aliphatic imine (C=N–C) groups is 1. The van der Waals surface area contributed by atoms with E-state index in [1.807, 2.05) is 29.1 Å². The standard InChI is InChI=1S/C25H31N5O2/c1-26-25(27-17-19-11-13-21(14-12-19)30-16-6-15-29-30)28-18-20-7-5-10-23(31-2)24(20)32-22-8-3-4-9-22/h5-7,10-16,22H,3-4,8-9,17-18H2,1-2H3,(H2,26,27,28). The third-order valence-corrected chi connectivity index (χ3v) is 5.70. The number of hydrogen-bond acceptors (Lipinski definition) is 4. The first-order chi connectivity index (χ1) is 15.8. The molecule has 0 aliphatic heterocycles. The molecule has 7 nitrogen and oxygen atoms in total. The van der Waals surface area contributed by atoms with Crippen LogP contribution in [0.15, 0.2) is 65.9 Å². The van der Waals surface area contributed by atoms with Gasteiger partial charge in [0.15, 0.2) is 17.5 Å². The number of benzene rings is 2. The maximum atomic E-state index is 6.33. The van der Waals surface area contributed by atoms with Gasteiger partial charge in [0.25, 0.3) is 0 Å². The predicted octanol–water partition coefficient (Wildman–Crippen LogP) is 4.07. The number of nitrogens with zero attached hydrogens (tertiary/aromatic N) is 3. The Kier molecular flexibility index (Phi) is 7.27. The molecule has 2 N–H and O–H groups in total. The third kappa shape index (κ3) is 5.41. The number of ether oxygens (including phenoxy) is 2. The average molecular weight is 434 g/mol. The minimum absolute atomic E-state index is 0.271. The Morgan fingerprint density at radius 1 is 1.06 bits per heavy atom. The van der Waals surface area contributed by atoms with Crippen molar-refractivity contribution >= 4 is 5.96 Å². The van der Waals surface area contributed by atoms with Gasteiger partial charge < -0.3 is 20.1 Å². The summed E-state index contributed by atoms with van der Waals surface area (Å²) in [6.45, 7) is 1.26. The van der Waals surface area contributed by atoms with Crippen molar-refractivity contribution in [3.8, 4) is 17.2 Å². The summed E-state index contributed by atoms with van der Waals surface area (Å²) >= 11 is 0. The highest BCUT2D eigenvalue weighted by Gasteiger charge is 2.20. The van der Waals surface area contributed by atoms with E-state index in [2.05, 4.69) is 51.1 Å². The lowest BCUT2D eigenvalue weighted by atomic mass is 10.1. The van der Waals surface area contributed by atoms with Gasteiger partial charge in [0.05, 0.1) is 18.9 Å². The van der Waals surface area contributed by atoms with Crippen molar-refractivity contribution in [1.29, 1.82) is 0 Å². The molecule has 7 heteroatoms. The molecular formula is C25H31N5O2. The number of nitrogens with one attached hydrogen (secondary N) is 2. The molecule has 0 radical (unpaired) electrons. The highest BCUT2D eigenvalue weighted by Crippen LogP contribution is 2.34. The highest BCUT2D eigenvalue weighted by atomic mass is 16.5. The summed E-state index contributed by atoms with van der Waals surface area (Å²) in [4.78, 5) is 4.36. The normalized spacial score (nSPS) is 14.4. The van der Waals surface area contributed by atoms with Gasteiger partial charge in [-0.05, 0) is 55.5 Å². The summed E-state index contributed by atoms with van der Waals surface area (Å²) in [5.41, 5.74) is 3.26. The first-order valence-corrected chi connectivity index (χ1v) is 11.1. The molecule has 1 aromatic heterocycles. The van der Waals surface area contributed by atoms with Crippen LogP contribution in [-0.2, 0) is 13.1 Å². The average Bonchev–Trinajstić information content (AvgIpc) is 3.55. The van der Waals surface area contributed by atoms with Crippen LogP contribution in [0.25, 0.3) is 5.69 Å². The minimum Gasteiger partial charge on any atom is -0.493 e. The maximum absolute atomic E-state index is 6.33. The van der Waals surface area contributed by atoms with Crippen LogP contribution >= 0.6 is 0 Å². The minimum atomic E-state index is 0.271. The van der Waals surface area contributed by atoms with Crippen molar-refractivity contribution in [2.45, 2.75) is 44.9 Å². The number of methoxy groups -OCH3 is 1. The van der Waals surface area contributed by atoms with E-state index in [1.165, 1.54) is 12.8 Å². The summed E-state index contributed by atoms with van der Waals surface area (Å²) in [7, 11) is 3.46. The lowest BCUT2D eigenvalue weighted by Gasteiger charge is -2.20. The van der Waals surface area contributed by atoms with E-state index in [9.17, 15) is 0 Å². The van der Waals surface area contributed by atoms with Crippen LogP contribution in [-0.4, -0.2) is 36.0 Å². The molecule has 1 aliphatic rings. The van der Waals surface area contributed by atoms with Gasteiger partial charge in [-0.2, -0.15) is 5.10 Å². The Hall–Kier alpha value is -3.48. The Morgan fingerprint density at radius 3 is 2.53 bits per heavy atom. The van der Waals surface area contributed by atoms with Crippen molar-refractivity contribution in [3.05, 3.63) is 72.1 Å². The van der Waals surface area contributed by atoms with Crippen molar-refractivity contribution in [2.75, 3.05) is 14.2 Å². The van der Waals surface area contributed by atoms with Crippen molar-refractivity contribution in [1.82, 2.24) is 20.4 Å². The smallest absolute Gasteiger partial charge is 0.191 e. The second kappa shape index (κ2) is 10.7. The summed E-state index contributed by atoms with van der Waals surface area (Å²) in [5.74, 6) is 2.34. The van der Waals surface area contributed by atoms with Crippen molar-refractivity contribution in [2.24, 2.45) is 4.99 Å². The van der Waals surface area contributed by atoms with Gasteiger partial charge in [-0.3, -0.25) is 4.99 Å². The molecule has 0 saturated heterocycles. The van der Waals surface area contributed by atoms with Gasteiger partial charge in [0.1, 0.15) is 0 Å². The fraction of sp³-hybridized carbons (Fsp3) is 0.360. The van der Waals surface area contributed by atoms with Gasteiger partial charge in [-0.1, -0.05) is 24.3 Å². The van der Waals surface area contributed by atoms with Crippen LogP contribution in [0.3, 0.4) is 0 Å². The topological polar surface area (TPSA) is 72.7 Å². The molecule has 1 heterocycles. The molecule has 1 saturated carbocycles. The van der Waals surface area contributed by atoms with E-state index in [0.717, 1.165) is 47.1 Å². The van der Waals surface area contributed by atoms with Gasteiger partial charge in [0.2, 0.25) is 0 Å². The Labute approximate surface area is 189 Å². The van der Waals surface area contributed by atoms with E-state index in [-0.39, 0.29) is 6.10 Å². The molecule has 4 rings (SSSR count). The number of aromatic nitrogens is 2. The number of rotatable bonds is 8. The van der Waals surface area contributed by atoms with Crippen molar-refractivity contribution in [3.63, 3.8) is 0 Å². The summed E-state index contributed by atoms with van der Waals surface area (Å²) in [5, 5.41) is 11.0. The molecule has 2 aromatic carbocycles. The first kappa shape index (κ1) is 21.7. The summed E-state index contributed by atoms with van der Waals surface area (Å²) < 4.78 is 13.7. The fourth-order valence-electron chi connectivity index (χ4n) is 3.94. The molecule has 168 valence electrons. The molecule has 0 amide bonds. The Bertz CT molecular complexity index is 1010. The quantitative estimate of drug-likeness (QED) is 0.414. The van der Waals surface area contributed by atoms with E-state index in [0.29, 0.717) is 13.1 Å². The lowest BCUT2D eigenvalue weighted by molar-refractivity contribution is 0.198. The van der Waals surface area contributed by atoms with E-state index < -0.39 is 0 Å². The summed E-state index contributed by atoms with van der Waals surface area (Å²) in [6, 6.07) is 16.2. The summed E-state index contributed by atoms with van der Waals surface area (Å²) in [6.07, 6.45) is 8.65. The molecule has 0 bridgehead atoms. The van der Waals surface area contributed by atoms with E-state index >= 15 is 0 Å². The SMILES string of the molecule is CN=C(NCc1ccc(-n2cccn2)cc1)NCc1cccc(OC)c1OC1CCCC1. The zero-order valence-electron chi connectivity index (χ0n) is 18.8. The van der Waals surface area contributed by atoms with Crippen LogP contribution in [0.1, 0.15) is 36.8 Å². The monoisotopic (exact) mass is 433 g/mol. The Balaban J connectivity index is 1.35. The molecule has 32 heavy (non-hydrogen) atoms. The van der Waals surface area contributed by atoms with Crippen LogP contribution in [0, 0.1) is 0 Å². The zero-order chi connectivity index (χ0) is 22.2. The van der Waals surface area contributed by atoms with Crippen LogP contribution in [0.4, 0.5) is 0 Å². The van der Waals surface area contributed by atoms with Crippen LogP contribution in [0.2, 0.25) is 0 Å². The number of hydrogen-bond donors (Lipinski definition) is 2. The van der Waals surface area contributed by atoms with Crippen LogP contribution in [0.5, 0.6) is 11.5 Å². The molecule has 1 aliphatic carbocycles. The van der Waals surface area contributed by atoms with Gasteiger partial charge >= 0.3 is 0 Å². The predicted molar refractivity (Wildman–Crippen MR) is 126 cm³/mol. The van der Waals surface area contributed by atoms with Crippen LogP contribution < -0.4 is 20.1 Å². The molecular weight excluding hydrogens is 402 g/mol. The Morgan fingerprint density at radius 2 is 1.84 bits per heavy atom. The third-order valence-electron chi connectivity index (χ3n) is 5.70. The first-order valence-electron chi connectivity index (χ1n) is 11.1. The fourth-order valence-corrected chi connectivity index (χ4v) is 3.94. The van der Waals surface area contributed by atoms with Gasteiger partial charge in [-0.25, -0.2) is 4.68 Å². The lowest BCUT2D eigenvalue weighted by Crippen LogP contribution is -2.36. The zero-order valence-corrected chi connectivity index (χ0v) is 18.8. The maximum Gasteiger partial charge on any atom is 0.191 e. The number of guanidine groups is 1. The van der Waals surface area contributed by atoms with Crippen molar-refractivity contribution < 1.29 is 9.47 Å². The number of para-hydroxylation sites is 1. The molecule has 1 fully saturated rings. The second-order valence-corrected chi connectivity index (χ2v) is 7.87. The molecule has 0 atom stereocenters. The molecule has 0 spiro atoms. The second-order valence-electron chi connectivity index (χ2n) is 7.87. The van der Waals surface area contributed by atoms with E-state index in [1.54, 1.807) is 20.4 Å².